The van der Waals surface area contributed by atoms with Crippen LogP contribution >= 0.6 is 0 Å². The second kappa shape index (κ2) is 7.05. The van der Waals surface area contributed by atoms with E-state index >= 15 is 0 Å². The molecule has 2 amide bonds. The number of carbonyl (C=O) groups is 1. The molecular formula is C18H24N4O2. The number of anilines is 1. The van der Waals surface area contributed by atoms with Crippen LogP contribution in [0.5, 0.6) is 0 Å². The molecule has 1 aromatic carbocycles. The first-order valence-electron chi connectivity index (χ1n) is 8.49. The lowest BCUT2D eigenvalue weighted by atomic mass is 10.1. The van der Waals surface area contributed by atoms with Crippen LogP contribution < -0.4 is 16.1 Å². The number of fused-ring (bicyclic) bond motifs is 1. The Morgan fingerprint density at radius 2 is 2.25 bits per heavy atom. The van der Waals surface area contributed by atoms with Crippen LogP contribution in [-0.4, -0.2) is 41.6 Å². The minimum absolute atomic E-state index is 0.168. The summed E-state index contributed by atoms with van der Waals surface area (Å²) in [6, 6.07) is 5.69. The summed E-state index contributed by atoms with van der Waals surface area (Å²) in [5, 5.41) is 6.13. The van der Waals surface area contributed by atoms with Gasteiger partial charge in [-0.15, -0.1) is 0 Å². The molecule has 3 N–H and O–H groups in total. The fourth-order valence-corrected chi connectivity index (χ4v) is 3.34. The monoisotopic (exact) mass is 328 g/mol. The molecule has 2 aromatic rings. The Hall–Kier alpha value is -2.34. The van der Waals surface area contributed by atoms with Crippen molar-refractivity contribution in [1.29, 1.82) is 0 Å². The quantitative estimate of drug-likeness (QED) is 0.807. The number of pyridine rings is 1. The SMILES string of the molecule is CCN1CCC[C@H]1CNC(=O)Nc1c[nH]c2ccc(C)cc2c1=O. The summed E-state index contributed by atoms with van der Waals surface area (Å²) >= 11 is 0. The predicted octanol–water partition coefficient (Wildman–Crippen LogP) is 2.44. The number of urea groups is 1. The van der Waals surface area contributed by atoms with Crippen molar-refractivity contribution in [3.63, 3.8) is 0 Å². The van der Waals surface area contributed by atoms with Crippen LogP contribution in [0.15, 0.2) is 29.2 Å². The van der Waals surface area contributed by atoms with Crippen molar-refractivity contribution in [2.75, 3.05) is 25.0 Å². The third-order valence-corrected chi connectivity index (χ3v) is 4.69. The lowest BCUT2D eigenvalue weighted by Crippen LogP contribution is -2.41. The Kier molecular flexibility index (Phi) is 4.85. The lowest BCUT2D eigenvalue weighted by Gasteiger charge is -2.22. The van der Waals surface area contributed by atoms with E-state index in [-0.39, 0.29) is 17.1 Å². The molecule has 1 aliphatic heterocycles. The average molecular weight is 328 g/mol. The average Bonchev–Trinajstić information content (AvgIpc) is 3.03. The summed E-state index contributed by atoms with van der Waals surface area (Å²) in [5.74, 6) is 0. The standard InChI is InChI=1S/C18H24N4O2/c1-3-22-8-4-5-13(22)10-20-18(24)21-16-11-19-15-7-6-12(2)9-14(15)17(16)23/h6-7,9,11,13H,3-5,8,10H2,1-2H3,(H,19,23)(H2,20,21,24)/t13-/m0/s1. The number of likely N-dealkylation sites (N-methyl/N-ethyl adjacent to an activating group) is 1. The summed E-state index contributed by atoms with van der Waals surface area (Å²) in [7, 11) is 0. The van der Waals surface area contributed by atoms with Gasteiger partial charge < -0.3 is 15.6 Å². The van der Waals surface area contributed by atoms with Gasteiger partial charge in [-0.2, -0.15) is 0 Å². The molecule has 1 saturated heterocycles. The first-order chi connectivity index (χ1) is 11.6. The van der Waals surface area contributed by atoms with E-state index in [1.807, 2.05) is 25.1 Å². The first kappa shape index (κ1) is 16.5. The molecule has 2 heterocycles. The zero-order valence-corrected chi connectivity index (χ0v) is 14.2. The van der Waals surface area contributed by atoms with Gasteiger partial charge in [-0.25, -0.2) is 4.79 Å². The fourth-order valence-electron chi connectivity index (χ4n) is 3.34. The normalized spacial score (nSPS) is 18.0. The third kappa shape index (κ3) is 3.43. The molecule has 6 heteroatoms. The highest BCUT2D eigenvalue weighted by atomic mass is 16.2. The summed E-state index contributed by atoms with van der Waals surface area (Å²) in [4.78, 5) is 30.1. The van der Waals surface area contributed by atoms with Gasteiger partial charge in [0.2, 0.25) is 5.43 Å². The molecule has 1 aliphatic rings. The summed E-state index contributed by atoms with van der Waals surface area (Å²) in [6.45, 7) is 6.76. The number of aromatic amines is 1. The number of H-pyrrole nitrogens is 1. The number of aryl methyl sites for hydroxylation is 1. The van der Waals surface area contributed by atoms with Gasteiger partial charge in [0, 0.05) is 29.7 Å². The van der Waals surface area contributed by atoms with Crippen LogP contribution in [0.25, 0.3) is 10.9 Å². The molecule has 0 unspecified atom stereocenters. The van der Waals surface area contributed by atoms with Gasteiger partial charge >= 0.3 is 6.03 Å². The van der Waals surface area contributed by atoms with Crippen LogP contribution in [0, 0.1) is 6.92 Å². The maximum Gasteiger partial charge on any atom is 0.319 e. The van der Waals surface area contributed by atoms with E-state index in [4.69, 9.17) is 0 Å². The number of aromatic nitrogens is 1. The molecule has 0 radical (unpaired) electrons. The number of nitrogens with zero attached hydrogens (tertiary/aromatic N) is 1. The Morgan fingerprint density at radius 3 is 3.04 bits per heavy atom. The van der Waals surface area contributed by atoms with E-state index in [2.05, 4.69) is 27.4 Å². The van der Waals surface area contributed by atoms with E-state index in [0.29, 0.717) is 18.0 Å². The van der Waals surface area contributed by atoms with Gasteiger partial charge in [0.1, 0.15) is 5.69 Å². The highest BCUT2D eigenvalue weighted by Crippen LogP contribution is 2.16. The molecular weight excluding hydrogens is 304 g/mol. The molecule has 0 aliphatic carbocycles. The topological polar surface area (TPSA) is 77.2 Å². The molecule has 1 aromatic heterocycles. The molecule has 0 saturated carbocycles. The number of rotatable bonds is 4. The minimum atomic E-state index is -0.338. The lowest BCUT2D eigenvalue weighted by molar-refractivity contribution is 0.238. The third-order valence-electron chi connectivity index (χ3n) is 4.69. The van der Waals surface area contributed by atoms with Gasteiger partial charge in [-0.1, -0.05) is 18.6 Å². The number of nitrogens with one attached hydrogen (secondary N) is 3. The van der Waals surface area contributed by atoms with E-state index in [1.165, 1.54) is 6.42 Å². The van der Waals surface area contributed by atoms with E-state index < -0.39 is 0 Å². The smallest absolute Gasteiger partial charge is 0.319 e. The van der Waals surface area contributed by atoms with Crippen molar-refractivity contribution in [2.45, 2.75) is 32.7 Å². The molecule has 1 atom stereocenters. The van der Waals surface area contributed by atoms with Crippen molar-refractivity contribution in [1.82, 2.24) is 15.2 Å². The van der Waals surface area contributed by atoms with Crippen LogP contribution in [0.3, 0.4) is 0 Å². The van der Waals surface area contributed by atoms with Gasteiger partial charge in [0.25, 0.3) is 0 Å². The maximum absolute atomic E-state index is 12.5. The number of benzene rings is 1. The zero-order valence-electron chi connectivity index (χ0n) is 14.2. The Bertz CT molecular complexity index is 799. The predicted molar refractivity (Wildman–Crippen MR) is 96.6 cm³/mol. The maximum atomic E-state index is 12.5. The van der Waals surface area contributed by atoms with Crippen molar-refractivity contribution in [3.8, 4) is 0 Å². The fraction of sp³-hybridized carbons (Fsp3) is 0.444. The van der Waals surface area contributed by atoms with Crippen molar-refractivity contribution in [3.05, 3.63) is 40.2 Å². The number of likely N-dealkylation sites (tertiary alicyclic amines) is 1. The molecule has 1 fully saturated rings. The number of amides is 2. The van der Waals surface area contributed by atoms with E-state index in [0.717, 1.165) is 30.6 Å². The Morgan fingerprint density at radius 1 is 1.42 bits per heavy atom. The second-order valence-corrected chi connectivity index (χ2v) is 6.34. The van der Waals surface area contributed by atoms with Gasteiger partial charge in [0.05, 0.1) is 0 Å². The minimum Gasteiger partial charge on any atom is -0.359 e. The highest BCUT2D eigenvalue weighted by molar-refractivity contribution is 5.92. The zero-order chi connectivity index (χ0) is 17.1. The van der Waals surface area contributed by atoms with Crippen molar-refractivity contribution < 1.29 is 4.79 Å². The van der Waals surface area contributed by atoms with Crippen molar-refractivity contribution >= 4 is 22.6 Å². The first-order valence-corrected chi connectivity index (χ1v) is 8.49. The van der Waals surface area contributed by atoms with Crippen LogP contribution in [0.1, 0.15) is 25.3 Å². The van der Waals surface area contributed by atoms with Crippen LogP contribution in [0.4, 0.5) is 10.5 Å². The number of carbonyl (C=O) groups excluding carboxylic acids is 1. The molecule has 0 bridgehead atoms. The van der Waals surface area contributed by atoms with Gasteiger partial charge in [0.15, 0.2) is 0 Å². The number of hydrogen-bond donors (Lipinski definition) is 3. The molecule has 24 heavy (non-hydrogen) atoms. The summed E-state index contributed by atoms with van der Waals surface area (Å²) in [6.07, 6.45) is 3.82. The van der Waals surface area contributed by atoms with E-state index in [9.17, 15) is 9.59 Å². The van der Waals surface area contributed by atoms with Gasteiger partial charge in [-0.3, -0.25) is 9.69 Å². The highest BCUT2D eigenvalue weighted by Gasteiger charge is 2.23. The van der Waals surface area contributed by atoms with Gasteiger partial charge in [-0.05, 0) is 45.0 Å². The molecule has 3 rings (SSSR count). The largest absolute Gasteiger partial charge is 0.359 e. The summed E-state index contributed by atoms with van der Waals surface area (Å²) in [5.41, 5.74) is 1.87. The molecule has 0 spiro atoms. The Labute approximate surface area is 141 Å². The Balaban J connectivity index is 1.67. The van der Waals surface area contributed by atoms with E-state index in [1.54, 1.807) is 6.20 Å². The van der Waals surface area contributed by atoms with Crippen LogP contribution in [0.2, 0.25) is 0 Å². The van der Waals surface area contributed by atoms with Crippen LogP contribution in [-0.2, 0) is 0 Å². The molecule has 6 nitrogen and oxygen atoms in total. The second-order valence-electron chi connectivity index (χ2n) is 6.34. The van der Waals surface area contributed by atoms with Crippen molar-refractivity contribution in [2.24, 2.45) is 0 Å². The number of hydrogen-bond acceptors (Lipinski definition) is 3. The summed E-state index contributed by atoms with van der Waals surface area (Å²) < 4.78 is 0. The molecule has 128 valence electrons.